The van der Waals surface area contributed by atoms with Gasteiger partial charge in [-0.1, -0.05) is 13.8 Å². The first-order valence-corrected chi connectivity index (χ1v) is 13.5. The molecule has 1 aromatic rings. The lowest BCUT2D eigenvalue weighted by molar-refractivity contribution is -0.146. The van der Waals surface area contributed by atoms with E-state index in [1.165, 1.54) is 31.7 Å². The van der Waals surface area contributed by atoms with E-state index in [1.54, 1.807) is 0 Å². The van der Waals surface area contributed by atoms with Crippen molar-refractivity contribution in [3.63, 3.8) is 0 Å². The summed E-state index contributed by atoms with van der Waals surface area (Å²) in [5.74, 6) is 2.95. The van der Waals surface area contributed by atoms with Crippen molar-refractivity contribution in [1.82, 2.24) is 9.88 Å². The van der Waals surface area contributed by atoms with Gasteiger partial charge in [-0.25, -0.2) is 0 Å². The summed E-state index contributed by atoms with van der Waals surface area (Å²) in [6, 6.07) is 1.19. The van der Waals surface area contributed by atoms with E-state index in [4.69, 9.17) is 4.74 Å². The van der Waals surface area contributed by atoms with Crippen LogP contribution in [0.1, 0.15) is 82.5 Å². The molecule has 6 rings (SSSR count). The summed E-state index contributed by atoms with van der Waals surface area (Å²) in [6.07, 6.45) is 5.20. The van der Waals surface area contributed by atoms with Crippen LogP contribution in [0, 0.1) is 35.0 Å². The van der Waals surface area contributed by atoms with E-state index in [0.717, 1.165) is 25.5 Å². The quantitative estimate of drug-likeness (QED) is 0.520. The molecule has 5 aliphatic rings. The van der Waals surface area contributed by atoms with Crippen LogP contribution in [0.15, 0.2) is 12.3 Å². The number of ether oxygens (including phenoxy) is 1. The molecule has 2 aliphatic carbocycles. The van der Waals surface area contributed by atoms with Crippen LogP contribution in [0.2, 0.25) is 0 Å². The monoisotopic (exact) mass is 490 g/mol. The summed E-state index contributed by atoms with van der Waals surface area (Å²) in [5.41, 5.74) is 0.156. The summed E-state index contributed by atoms with van der Waals surface area (Å²) < 4.78 is 46.1. The van der Waals surface area contributed by atoms with Crippen molar-refractivity contribution < 1.29 is 22.7 Å². The van der Waals surface area contributed by atoms with Gasteiger partial charge < -0.3 is 9.64 Å². The third-order valence-corrected chi connectivity index (χ3v) is 10.7. The average Bonchev–Trinajstić information content (AvgIpc) is 3.57. The van der Waals surface area contributed by atoms with Crippen molar-refractivity contribution in [3.8, 4) is 0 Å². The lowest BCUT2D eigenvalue weighted by Gasteiger charge is -2.40. The number of carbonyl (C=O) groups excluding carboxylic acids is 1. The van der Waals surface area contributed by atoms with Crippen LogP contribution in [0.3, 0.4) is 0 Å². The van der Waals surface area contributed by atoms with Crippen LogP contribution in [0.5, 0.6) is 0 Å². The second kappa shape index (κ2) is 7.93. The van der Waals surface area contributed by atoms with E-state index in [-0.39, 0.29) is 24.0 Å². The number of amides is 1. The molecule has 4 nitrogen and oxygen atoms in total. The van der Waals surface area contributed by atoms with Crippen LogP contribution in [0.25, 0.3) is 0 Å². The third kappa shape index (κ3) is 3.66. The molecule has 0 spiro atoms. The highest BCUT2D eigenvalue weighted by Gasteiger charge is 2.61. The van der Waals surface area contributed by atoms with Crippen molar-refractivity contribution in [2.45, 2.75) is 96.6 Å². The van der Waals surface area contributed by atoms with E-state index in [9.17, 15) is 18.0 Å². The van der Waals surface area contributed by atoms with Gasteiger partial charge in [0.25, 0.3) is 0 Å². The highest BCUT2D eigenvalue weighted by atomic mass is 19.4. The minimum absolute atomic E-state index is 0.0676. The first kappa shape index (κ1) is 23.7. The molecule has 0 N–H and O–H groups in total. The number of aromatic nitrogens is 1. The van der Waals surface area contributed by atoms with Gasteiger partial charge in [0, 0.05) is 31.4 Å². The lowest BCUT2D eigenvalue weighted by atomic mass is 9.72. The fourth-order valence-electron chi connectivity index (χ4n) is 8.63. The normalized spacial score (nSPS) is 40.4. The number of fused-ring (bicyclic) bond motifs is 6. The van der Waals surface area contributed by atoms with Crippen LogP contribution in [0.4, 0.5) is 13.2 Å². The summed E-state index contributed by atoms with van der Waals surface area (Å²) >= 11 is 0. The van der Waals surface area contributed by atoms with Gasteiger partial charge in [0.15, 0.2) is 0 Å². The summed E-state index contributed by atoms with van der Waals surface area (Å²) in [4.78, 5) is 19.9. The number of hydrogen-bond donors (Lipinski definition) is 0. The van der Waals surface area contributed by atoms with Crippen molar-refractivity contribution >= 4 is 5.91 Å². The highest BCUT2D eigenvalue weighted by Crippen LogP contribution is 2.62. The average molecular weight is 491 g/mol. The number of rotatable bonds is 3. The molecule has 2 saturated carbocycles. The Morgan fingerprint density at radius 3 is 2.71 bits per heavy atom. The Morgan fingerprint density at radius 2 is 2.00 bits per heavy atom. The maximum Gasteiger partial charge on any atom is 0.417 e. The van der Waals surface area contributed by atoms with Crippen LogP contribution in [-0.4, -0.2) is 34.0 Å². The zero-order valence-corrected chi connectivity index (χ0v) is 21.0. The molecule has 3 aliphatic heterocycles. The standard InChI is InChI=1S/C28H37F3N2O2/c1-16(2)27(25(34)33-9-6-23-19(15-33)10-20(14-32-23)28(29,30)31)8-4-17(13-27)18-11-21-22(12-18)26(3)7-5-24(21)35-26/h10,14,16-18,21-22,24H,4-9,11-13,15H2,1-3H3/t17?,18?,21?,22?,24-,26-,27+/m1/s1. The molecule has 7 heteroatoms. The molecule has 4 heterocycles. The molecular weight excluding hydrogens is 453 g/mol. The van der Waals surface area contributed by atoms with Gasteiger partial charge in [-0.05, 0) is 93.1 Å². The van der Waals surface area contributed by atoms with Crippen molar-refractivity contribution in [2.24, 2.45) is 35.0 Å². The Labute approximate surface area is 206 Å². The molecule has 1 amide bonds. The summed E-state index contributed by atoms with van der Waals surface area (Å²) in [5, 5.41) is 0. The Morgan fingerprint density at radius 1 is 1.20 bits per heavy atom. The van der Waals surface area contributed by atoms with Gasteiger partial charge in [-0.3, -0.25) is 9.78 Å². The Balaban J connectivity index is 1.18. The molecule has 4 unspecified atom stereocenters. The summed E-state index contributed by atoms with van der Waals surface area (Å²) in [7, 11) is 0. The Bertz CT molecular complexity index is 1030. The fourth-order valence-corrected chi connectivity index (χ4v) is 8.63. The van der Waals surface area contributed by atoms with Crippen LogP contribution < -0.4 is 0 Å². The second-order valence-corrected chi connectivity index (χ2v) is 12.6. The topological polar surface area (TPSA) is 42.4 Å². The van der Waals surface area contributed by atoms with E-state index in [2.05, 4.69) is 25.8 Å². The molecule has 35 heavy (non-hydrogen) atoms. The zero-order chi connectivity index (χ0) is 24.8. The van der Waals surface area contributed by atoms with Gasteiger partial charge >= 0.3 is 6.18 Å². The maximum absolute atomic E-state index is 14.0. The molecule has 2 bridgehead atoms. The lowest BCUT2D eigenvalue weighted by Crippen LogP contribution is -2.47. The first-order valence-electron chi connectivity index (χ1n) is 13.5. The molecule has 2 saturated heterocycles. The fraction of sp³-hybridized carbons (Fsp3) is 0.786. The number of carbonyl (C=O) groups is 1. The van der Waals surface area contributed by atoms with E-state index >= 15 is 0 Å². The molecule has 0 aromatic carbocycles. The number of hydrogen-bond acceptors (Lipinski definition) is 3. The predicted molar refractivity (Wildman–Crippen MR) is 125 cm³/mol. The van der Waals surface area contributed by atoms with Crippen molar-refractivity contribution in [1.29, 1.82) is 0 Å². The maximum atomic E-state index is 14.0. The van der Waals surface area contributed by atoms with Gasteiger partial charge in [0.2, 0.25) is 5.91 Å². The highest BCUT2D eigenvalue weighted by molar-refractivity contribution is 5.83. The van der Waals surface area contributed by atoms with E-state index in [0.29, 0.717) is 54.0 Å². The molecular formula is C28H37F3N2O2. The van der Waals surface area contributed by atoms with Crippen molar-refractivity contribution in [3.05, 3.63) is 29.1 Å². The minimum Gasteiger partial charge on any atom is -0.371 e. The van der Waals surface area contributed by atoms with Gasteiger partial charge in [-0.15, -0.1) is 0 Å². The molecule has 0 radical (unpaired) electrons. The number of halogens is 3. The van der Waals surface area contributed by atoms with Crippen LogP contribution >= 0.6 is 0 Å². The first-order chi connectivity index (χ1) is 16.5. The largest absolute Gasteiger partial charge is 0.417 e. The van der Waals surface area contributed by atoms with Gasteiger partial charge in [-0.2, -0.15) is 13.2 Å². The SMILES string of the molecule is CC(C)[C@]1(C(=O)N2CCc3ncc(C(F)(F)F)cc3C2)CCC(C2CC3C(C2)[C@@]2(C)CC[C@H]3O2)C1. The number of alkyl halides is 3. The second-order valence-electron chi connectivity index (χ2n) is 12.6. The number of nitrogens with zero attached hydrogens (tertiary/aromatic N) is 2. The van der Waals surface area contributed by atoms with Gasteiger partial charge in [0.05, 0.1) is 22.7 Å². The molecule has 7 atom stereocenters. The Hall–Kier alpha value is -1.63. The molecule has 1 aromatic heterocycles. The Kier molecular flexibility index (Phi) is 5.38. The van der Waals surface area contributed by atoms with Crippen LogP contribution in [-0.2, 0) is 28.7 Å². The molecule has 192 valence electrons. The zero-order valence-electron chi connectivity index (χ0n) is 21.0. The van der Waals surface area contributed by atoms with Gasteiger partial charge in [0.1, 0.15) is 0 Å². The number of pyridine rings is 1. The van der Waals surface area contributed by atoms with Crippen molar-refractivity contribution in [2.75, 3.05) is 6.54 Å². The smallest absolute Gasteiger partial charge is 0.371 e. The predicted octanol–water partition coefficient (Wildman–Crippen LogP) is 6.02. The minimum atomic E-state index is -4.42. The summed E-state index contributed by atoms with van der Waals surface area (Å²) in [6.45, 7) is 7.38. The van der Waals surface area contributed by atoms with E-state index < -0.39 is 17.2 Å². The van der Waals surface area contributed by atoms with E-state index in [1.807, 2.05) is 4.90 Å². The third-order valence-electron chi connectivity index (χ3n) is 10.7. The molecule has 4 fully saturated rings.